The maximum absolute atomic E-state index is 12.8. The summed E-state index contributed by atoms with van der Waals surface area (Å²) in [5.41, 5.74) is 0. The van der Waals surface area contributed by atoms with E-state index in [0.29, 0.717) is 0 Å². The smallest absolute Gasteiger partial charge is 0.210 e. The molecule has 0 spiro atoms. The first-order chi connectivity index (χ1) is 8.63. The SMILES string of the molecule is CCCCCCC(CCCCCC)[C@H](C)C(F)F. The van der Waals surface area contributed by atoms with Crippen molar-refractivity contribution < 1.29 is 8.78 Å². The molecule has 110 valence electrons. The lowest BCUT2D eigenvalue weighted by Gasteiger charge is -2.23. The third kappa shape index (κ3) is 8.88. The summed E-state index contributed by atoms with van der Waals surface area (Å²) in [5.74, 6) is -0.188. The molecule has 0 fully saturated rings. The van der Waals surface area contributed by atoms with E-state index in [1.165, 1.54) is 38.5 Å². The van der Waals surface area contributed by atoms with Gasteiger partial charge in [-0.15, -0.1) is 0 Å². The van der Waals surface area contributed by atoms with Gasteiger partial charge in [0, 0.05) is 5.92 Å². The van der Waals surface area contributed by atoms with Crippen LogP contribution in [0.1, 0.15) is 85.0 Å². The Morgan fingerprint density at radius 2 is 1.17 bits per heavy atom. The zero-order valence-electron chi connectivity index (χ0n) is 12.6. The van der Waals surface area contributed by atoms with E-state index in [1.54, 1.807) is 6.92 Å². The molecule has 0 rings (SSSR count). The van der Waals surface area contributed by atoms with Crippen molar-refractivity contribution in [3.05, 3.63) is 0 Å². The van der Waals surface area contributed by atoms with Crippen LogP contribution in [0.15, 0.2) is 0 Å². The molecular formula is C16H32F2. The quantitative estimate of drug-likeness (QED) is 0.355. The number of rotatable bonds is 12. The third-order valence-electron chi connectivity index (χ3n) is 4.00. The van der Waals surface area contributed by atoms with Gasteiger partial charge in [-0.05, 0) is 18.8 Å². The molecule has 2 heteroatoms. The summed E-state index contributed by atoms with van der Waals surface area (Å²) in [7, 11) is 0. The van der Waals surface area contributed by atoms with Crippen LogP contribution in [-0.2, 0) is 0 Å². The van der Waals surface area contributed by atoms with Crippen molar-refractivity contribution >= 4 is 0 Å². The van der Waals surface area contributed by atoms with Crippen LogP contribution in [0.25, 0.3) is 0 Å². The van der Waals surface area contributed by atoms with E-state index < -0.39 is 12.3 Å². The molecule has 0 aromatic carbocycles. The zero-order chi connectivity index (χ0) is 13.8. The van der Waals surface area contributed by atoms with Gasteiger partial charge in [0.05, 0.1) is 0 Å². The molecule has 0 N–H and O–H groups in total. The monoisotopic (exact) mass is 262 g/mol. The molecule has 0 saturated carbocycles. The molecular weight excluding hydrogens is 230 g/mol. The van der Waals surface area contributed by atoms with Gasteiger partial charge in [0.2, 0.25) is 6.43 Å². The second-order valence-electron chi connectivity index (χ2n) is 5.65. The fourth-order valence-electron chi connectivity index (χ4n) is 2.54. The normalized spacial score (nSPS) is 13.5. The number of halogens is 2. The summed E-state index contributed by atoms with van der Waals surface area (Å²) < 4.78 is 25.7. The second kappa shape index (κ2) is 11.9. The van der Waals surface area contributed by atoms with Crippen molar-refractivity contribution in [1.29, 1.82) is 0 Å². The van der Waals surface area contributed by atoms with Gasteiger partial charge in [-0.1, -0.05) is 72.1 Å². The lowest BCUT2D eigenvalue weighted by Crippen LogP contribution is -2.19. The Morgan fingerprint density at radius 1 is 0.722 bits per heavy atom. The number of hydrogen-bond acceptors (Lipinski definition) is 0. The van der Waals surface area contributed by atoms with Crippen LogP contribution in [0.3, 0.4) is 0 Å². The fourth-order valence-corrected chi connectivity index (χ4v) is 2.54. The minimum atomic E-state index is -2.15. The molecule has 0 amide bonds. The molecule has 1 atom stereocenters. The largest absolute Gasteiger partial charge is 0.241 e. The fraction of sp³-hybridized carbons (Fsp3) is 1.00. The molecule has 0 unspecified atom stereocenters. The van der Waals surface area contributed by atoms with Gasteiger partial charge in [0.1, 0.15) is 0 Å². The summed E-state index contributed by atoms with van der Waals surface area (Å²) in [4.78, 5) is 0. The standard InChI is InChI=1S/C16H32F2/c1-4-6-8-10-12-15(14(3)16(17)18)13-11-9-7-5-2/h14-16H,4-13H2,1-3H3/t14-/m0/s1. The van der Waals surface area contributed by atoms with Crippen molar-refractivity contribution in [2.45, 2.75) is 91.4 Å². The van der Waals surface area contributed by atoms with E-state index in [1.807, 2.05) is 0 Å². The van der Waals surface area contributed by atoms with Crippen molar-refractivity contribution in [3.63, 3.8) is 0 Å². The highest BCUT2D eigenvalue weighted by molar-refractivity contribution is 4.69. The van der Waals surface area contributed by atoms with Gasteiger partial charge in [-0.25, -0.2) is 8.78 Å². The highest BCUT2D eigenvalue weighted by Gasteiger charge is 2.24. The molecule has 0 aliphatic rings. The van der Waals surface area contributed by atoms with E-state index >= 15 is 0 Å². The molecule has 0 nitrogen and oxygen atoms in total. The summed E-state index contributed by atoms with van der Waals surface area (Å²) >= 11 is 0. The van der Waals surface area contributed by atoms with E-state index in [2.05, 4.69) is 13.8 Å². The first kappa shape index (κ1) is 17.9. The average molecular weight is 262 g/mol. The Labute approximate surface area is 113 Å². The summed E-state index contributed by atoms with van der Waals surface area (Å²) in [6.45, 7) is 6.10. The maximum Gasteiger partial charge on any atom is 0.241 e. The Hall–Kier alpha value is -0.140. The number of alkyl halides is 2. The average Bonchev–Trinajstić information content (AvgIpc) is 2.36. The van der Waals surface area contributed by atoms with E-state index in [-0.39, 0.29) is 5.92 Å². The van der Waals surface area contributed by atoms with Crippen LogP contribution >= 0.6 is 0 Å². The lowest BCUT2D eigenvalue weighted by molar-refractivity contribution is 0.0466. The zero-order valence-corrected chi connectivity index (χ0v) is 12.6. The maximum atomic E-state index is 12.8. The van der Waals surface area contributed by atoms with Crippen LogP contribution < -0.4 is 0 Å². The van der Waals surface area contributed by atoms with Crippen LogP contribution in [0.5, 0.6) is 0 Å². The highest BCUT2D eigenvalue weighted by atomic mass is 19.3. The molecule has 0 aliphatic carbocycles. The molecule has 18 heavy (non-hydrogen) atoms. The Balaban J connectivity index is 3.92. The topological polar surface area (TPSA) is 0 Å². The number of hydrogen-bond donors (Lipinski definition) is 0. The minimum absolute atomic E-state index is 0.235. The minimum Gasteiger partial charge on any atom is -0.210 e. The summed E-state index contributed by atoms with van der Waals surface area (Å²) in [6, 6.07) is 0. The van der Waals surface area contributed by atoms with E-state index in [4.69, 9.17) is 0 Å². The van der Waals surface area contributed by atoms with Crippen molar-refractivity contribution in [2.75, 3.05) is 0 Å². The predicted molar refractivity (Wildman–Crippen MR) is 76.2 cm³/mol. The van der Waals surface area contributed by atoms with Crippen LogP contribution in [0.2, 0.25) is 0 Å². The van der Waals surface area contributed by atoms with Gasteiger partial charge in [-0.2, -0.15) is 0 Å². The molecule has 0 aromatic rings. The van der Waals surface area contributed by atoms with Crippen molar-refractivity contribution in [1.82, 2.24) is 0 Å². The molecule has 0 radical (unpaired) electrons. The first-order valence-corrected chi connectivity index (χ1v) is 7.91. The van der Waals surface area contributed by atoms with Crippen molar-refractivity contribution in [3.8, 4) is 0 Å². The van der Waals surface area contributed by atoms with Crippen LogP contribution in [-0.4, -0.2) is 6.43 Å². The van der Waals surface area contributed by atoms with Crippen molar-refractivity contribution in [2.24, 2.45) is 11.8 Å². The Morgan fingerprint density at radius 3 is 1.50 bits per heavy atom. The lowest BCUT2D eigenvalue weighted by atomic mass is 9.85. The summed E-state index contributed by atoms with van der Waals surface area (Å²) in [5, 5.41) is 0. The van der Waals surface area contributed by atoms with Gasteiger partial charge >= 0.3 is 0 Å². The van der Waals surface area contributed by atoms with Gasteiger partial charge in [0.15, 0.2) is 0 Å². The number of unbranched alkanes of at least 4 members (excludes halogenated alkanes) is 6. The van der Waals surface area contributed by atoms with E-state index in [9.17, 15) is 8.78 Å². The molecule has 0 heterocycles. The third-order valence-corrected chi connectivity index (χ3v) is 4.00. The predicted octanol–water partition coefficient (Wildman–Crippen LogP) is 6.44. The Bertz CT molecular complexity index is 156. The van der Waals surface area contributed by atoms with Gasteiger partial charge < -0.3 is 0 Å². The van der Waals surface area contributed by atoms with E-state index in [0.717, 1.165) is 25.7 Å². The Kier molecular flexibility index (Phi) is 11.8. The van der Waals surface area contributed by atoms with Crippen LogP contribution in [0, 0.1) is 11.8 Å². The molecule has 0 aromatic heterocycles. The first-order valence-electron chi connectivity index (χ1n) is 7.91. The molecule has 0 aliphatic heterocycles. The highest BCUT2D eigenvalue weighted by Crippen LogP contribution is 2.29. The van der Waals surface area contributed by atoms with Crippen LogP contribution in [0.4, 0.5) is 8.78 Å². The second-order valence-corrected chi connectivity index (χ2v) is 5.65. The van der Waals surface area contributed by atoms with Gasteiger partial charge in [0.25, 0.3) is 0 Å². The van der Waals surface area contributed by atoms with Gasteiger partial charge in [-0.3, -0.25) is 0 Å². The molecule has 0 bridgehead atoms. The summed E-state index contributed by atoms with van der Waals surface area (Å²) in [6.07, 6.45) is 9.43. The molecule has 0 saturated heterocycles.